The highest BCUT2D eigenvalue weighted by Gasteiger charge is 2.22. The molecule has 0 aliphatic heterocycles. The molecule has 0 unspecified atom stereocenters. The molecule has 0 N–H and O–H groups in total. The molecule has 1 amide bonds. The number of para-hydroxylation sites is 2. The van der Waals surface area contributed by atoms with E-state index in [0.717, 1.165) is 15.2 Å². The number of ether oxygens (including phenoxy) is 1. The molecule has 0 saturated heterocycles. The van der Waals surface area contributed by atoms with Crippen LogP contribution in [0.25, 0.3) is 10.2 Å². The van der Waals surface area contributed by atoms with Gasteiger partial charge in [-0.25, -0.2) is 9.37 Å². The molecular weight excluding hydrogens is 473 g/mol. The number of halogens is 1. The van der Waals surface area contributed by atoms with Crippen LogP contribution in [-0.4, -0.2) is 43.4 Å². The minimum Gasteiger partial charge on any atom is -0.483 e. The van der Waals surface area contributed by atoms with Crippen LogP contribution in [0, 0.1) is 5.82 Å². The summed E-state index contributed by atoms with van der Waals surface area (Å²) in [5.74, 6) is 0.367. The first kappa shape index (κ1) is 23.9. The Hall–Kier alpha value is -3.24. The largest absolute Gasteiger partial charge is 0.483 e. The van der Waals surface area contributed by atoms with E-state index in [0.29, 0.717) is 17.5 Å². The number of carbonyl (C=O) groups is 1. The molecule has 0 radical (unpaired) electrons. The second-order valence-corrected chi connectivity index (χ2v) is 9.51. The minimum absolute atomic E-state index is 0.0465. The summed E-state index contributed by atoms with van der Waals surface area (Å²) in [6.07, 6.45) is 1.71. The molecule has 0 fully saturated rings. The molecule has 4 rings (SSSR count). The zero-order valence-corrected chi connectivity index (χ0v) is 20.5. The number of amides is 1. The van der Waals surface area contributed by atoms with Gasteiger partial charge < -0.3 is 9.64 Å². The Morgan fingerprint density at radius 2 is 2.03 bits per heavy atom. The van der Waals surface area contributed by atoms with Crippen LogP contribution in [0.4, 0.5) is 4.39 Å². The number of nitrogens with zero attached hydrogens (tertiary/aromatic N) is 5. The van der Waals surface area contributed by atoms with Crippen molar-refractivity contribution in [2.24, 2.45) is 0 Å². The van der Waals surface area contributed by atoms with Gasteiger partial charge in [0.05, 0.1) is 22.0 Å². The summed E-state index contributed by atoms with van der Waals surface area (Å²) in [7, 11) is 1.78. The van der Waals surface area contributed by atoms with E-state index in [2.05, 4.69) is 21.8 Å². The van der Waals surface area contributed by atoms with Crippen LogP contribution >= 0.6 is 23.1 Å². The zero-order chi connectivity index (χ0) is 24.1. The minimum atomic E-state index is -0.442. The van der Waals surface area contributed by atoms with Crippen molar-refractivity contribution in [3.63, 3.8) is 0 Å². The van der Waals surface area contributed by atoms with Crippen LogP contribution in [0.3, 0.4) is 0 Å². The summed E-state index contributed by atoms with van der Waals surface area (Å²) in [6.45, 7) is 6.24. The quantitative estimate of drug-likeness (QED) is 0.224. The Morgan fingerprint density at radius 1 is 1.26 bits per heavy atom. The molecular formula is C24H24FN5O2S2. The maximum atomic E-state index is 13.8. The van der Waals surface area contributed by atoms with Gasteiger partial charge in [0, 0.05) is 13.6 Å². The van der Waals surface area contributed by atoms with Crippen molar-refractivity contribution in [3.05, 3.63) is 77.8 Å². The molecule has 0 saturated carbocycles. The Bertz CT molecular complexity index is 1270. The van der Waals surface area contributed by atoms with Gasteiger partial charge in [0.1, 0.15) is 11.6 Å². The third kappa shape index (κ3) is 5.28. The first-order valence-electron chi connectivity index (χ1n) is 10.6. The second-order valence-electron chi connectivity index (χ2n) is 7.51. The van der Waals surface area contributed by atoms with E-state index in [1.807, 2.05) is 35.8 Å². The van der Waals surface area contributed by atoms with E-state index >= 15 is 0 Å². The molecule has 176 valence electrons. The fourth-order valence-electron chi connectivity index (χ4n) is 3.23. The van der Waals surface area contributed by atoms with E-state index in [-0.39, 0.29) is 30.1 Å². The molecule has 7 nitrogen and oxygen atoms in total. The fraction of sp³-hybridized carbons (Fsp3) is 0.250. The van der Waals surface area contributed by atoms with Crippen molar-refractivity contribution in [2.45, 2.75) is 31.3 Å². The number of hydrogen-bond acceptors (Lipinski definition) is 7. The fourth-order valence-corrected chi connectivity index (χ4v) is 5.18. The van der Waals surface area contributed by atoms with E-state index in [4.69, 9.17) is 4.74 Å². The molecule has 0 aliphatic carbocycles. The molecule has 2 aromatic carbocycles. The number of allylic oxidation sites excluding steroid dienone is 1. The lowest BCUT2D eigenvalue weighted by Gasteiger charge is -2.23. The molecule has 0 spiro atoms. The lowest BCUT2D eigenvalue weighted by molar-refractivity contribution is -0.128. The van der Waals surface area contributed by atoms with Gasteiger partial charge in [-0.3, -0.25) is 9.36 Å². The Morgan fingerprint density at radius 3 is 2.79 bits per heavy atom. The molecule has 2 heterocycles. The van der Waals surface area contributed by atoms with Crippen molar-refractivity contribution in [2.75, 3.05) is 12.8 Å². The highest BCUT2D eigenvalue weighted by molar-refractivity contribution is 7.99. The Labute approximate surface area is 205 Å². The SMILES string of the molecule is C=CCn1c(COc2ccccc2F)nnc1SCC(=O)N(C)[C@@H](C)c1nc2ccccc2s1. The lowest BCUT2D eigenvalue weighted by Crippen LogP contribution is -2.31. The molecule has 2 aromatic heterocycles. The van der Waals surface area contributed by atoms with Crippen molar-refractivity contribution in [1.82, 2.24) is 24.6 Å². The number of fused-ring (bicyclic) bond motifs is 1. The maximum absolute atomic E-state index is 13.8. The van der Waals surface area contributed by atoms with Crippen LogP contribution in [-0.2, 0) is 17.9 Å². The maximum Gasteiger partial charge on any atom is 0.233 e. The van der Waals surface area contributed by atoms with Crippen LogP contribution in [0.1, 0.15) is 23.8 Å². The molecule has 10 heteroatoms. The summed E-state index contributed by atoms with van der Waals surface area (Å²) in [6, 6.07) is 14.0. The highest BCUT2D eigenvalue weighted by Crippen LogP contribution is 2.29. The van der Waals surface area contributed by atoms with Gasteiger partial charge in [0.2, 0.25) is 5.91 Å². The summed E-state index contributed by atoms with van der Waals surface area (Å²) in [4.78, 5) is 19.3. The monoisotopic (exact) mass is 497 g/mol. The number of benzene rings is 2. The van der Waals surface area contributed by atoms with Gasteiger partial charge in [-0.2, -0.15) is 0 Å². The van der Waals surface area contributed by atoms with Gasteiger partial charge in [-0.05, 0) is 31.2 Å². The summed E-state index contributed by atoms with van der Waals surface area (Å²) >= 11 is 2.88. The standard InChI is InChI=1S/C24H24FN5O2S2/c1-4-13-30-21(14-32-19-11-7-5-9-17(19)25)27-28-24(30)33-15-22(31)29(3)16(2)23-26-18-10-6-8-12-20(18)34-23/h4-12,16H,1,13-15H2,2-3H3/t16-/m0/s1. The van der Waals surface area contributed by atoms with Crippen LogP contribution in [0.2, 0.25) is 0 Å². The van der Waals surface area contributed by atoms with Crippen LogP contribution in [0.5, 0.6) is 5.75 Å². The number of thioether (sulfide) groups is 1. The van der Waals surface area contributed by atoms with Crippen LogP contribution < -0.4 is 4.74 Å². The van der Waals surface area contributed by atoms with Crippen molar-refractivity contribution >= 4 is 39.2 Å². The van der Waals surface area contributed by atoms with E-state index < -0.39 is 5.82 Å². The van der Waals surface area contributed by atoms with Gasteiger partial charge in [-0.1, -0.05) is 42.1 Å². The molecule has 1 atom stereocenters. The zero-order valence-electron chi connectivity index (χ0n) is 18.8. The lowest BCUT2D eigenvalue weighted by atomic mass is 10.3. The smallest absolute Gasteiger partial charge is 0.233 e. The second kappa shape index (κ2) is 10.8. The van der Waals surface area contributed by atoms with E-state index in [1.165, 1.54) is 17.8 Å². The van der Waals surface area contributed by atoms with Crippen molar-refractivity contribution in [1.29, 1.82) is 0 Å². The van der Waals surface area contributed by atoms with Gasteiger partial charge >= 0.3 is 0 Å². The van der Waals surface area contributed by atoms with Crippen molar-refractivity contribution < 1.29 is 13.9 Å². The third-order valence-electron chi connectivity index (χ3n) is 5.27. The summed E-state index contributed by atoms with van der Waals surface area (Å²) < 4.78 is 22.3. The Kier molecular flexibility index (Phi) is 7.59. The van der Waals surface area contributed by atoms with Crippen molar-refractivity contribution in [3.8, 4) is 5.75 Å². The number of rotatable bonds is 10. The summed E-state index contributed by atoms with van der Waals surface area (Å²) in [5.41, 5.74) is 0.937. The average molecular weight is 498 g/mol. The van der Waals surface area contributed by atoms with Gasteiger partial charge in [0.15, 0.2) is 22.5 Å². The number of aromatic nitrogens is 4. The predicted octanol–water partition coefficient (Wildman–Crippen LogP) is 5.10. The number of thiazole rings is 1. The van der Waals surface area contributed by atoms with Gasteiger partial charge in [0.25, 0.3) is 0 Å². The molecule has 0 bridgehead atoms. The number of hydrogen-bond donors (Lipinski definition) is 0. The number of carbonyl (C=O) groups excluding carboxylic acids is 1. The first-order valence-corrected chi connectivity index (χ1v) is 12.4. The average Bonchev–Trinajstić information content (AvgIpc) is 3.45. The normalized spacial score (nSPS) is 12.0. The first-order chi connectivity index (χ1) is 16.5. The molecule has 4 aromatic rings. The molecule has 34 heavy (non-hydrogen) atoms. The predicted molar refractivity (Wildman–Crippen MR) is 132 cm³/mol. The highest BCUT2D eigenvalue weighted by atomic mass is 32.2. The topological polar surface area (TPSA) is 73.1 Å². The van der Waals surface area contributed by atoms with Gasteiger partial charge in [-0.15, -0.1) is 28.1 Å². The summed E-state index contributed by atoms with van der Waals surface area (Å²) in [5, 5.41) is 9.84. The van der Waals surface area contributed by atoms with E-state index in [9.17, 15) is 9.18 Å². The van der Waals surface area contributed by atoms with Crippen LogP contribution in [0.15, 0.2) is 66.3 Å². The van der Waals surface area contributed by atoms with E-state index in [1.54, 1.807) is 47.6 Å². The Balaban J connectivity index is 1.40. The molecule has 0 aliphatic rings. The third-order valence-corrected chi connectivity index (χ3v) is 7.42.